The number of thiophene rings is 1. The molecule has 5 N–H and O–H groups in total. The highest BCUT2D eigenvalue weighted by Gasteiger charge is 2.40. The summed E-state index contributed by atoms with van der Waals surface area (Å²) in [5.74, 6) is -1.16. The Morgan fingerprint density at radius 1 is 1.38 bits per heavy atom. The molecule has 0 atom stereocenters. The number of anilines is 2. The van der Waals surface area contributed by atoms with Gasteiger partial charge in [-0.05, 0) is 31.6 Å². The predicted octanol–water partition coefficient (Wildman–Crippen LogP) is 2.21. The fraction of sp³-hybridized carbons (Fsp3) is 0.571. The summed E-state index contributed by atoms with van der Waals surface area (Å²) in [7, 11) is 0. The highest BCUT2D eigenvalue weighted by atomic mass is 32.1. The van der Waals surface area contributed by atoms with Crippen LogP contribution in [-0.4, -0.2) is 25.0 Å². The van der Waals surface area contributed by atoms with Crippen molar-refractivity contribution in [3.05, 3.63) is 10.4 Å². The lowest BCUT2D eigenvalue weighted by molar-refractivity contribution is 0.0533. The van der Waals surface area contributed by atoms with Crippen molar-refractivity contribution in [3.8, 4) is 0 Å². The van der Waals surface area contributed by atoms with Crippen LogP contribution in [0.15, 0.2) is 0 Å². The standard InChI is InChI=1S/C14H21N3O3S/c1-3-14(5-6-14)7-17-12-8(11(16)18)9(15)10(21-12)13(19)20-4-2/h17H,3-7,15H2,1-2H3,(H2,16,18). The largest absolute Gasteiger partial charge is 0.462 e. The molecular formula is C14H21N3O3S. The summed E-state index contributed by atoms with van der Waals surface area (Å²) in [6.07, 6.45) is 3.43. The fourth-order valence-electron chi connectivity index (χ4n) is 2.26. The Labute approximate surface area is 127 Å². The van der Waals surface area contributed by atoms with Crippen molar-refractivity contribution in [3.63, 3.8) is 0 Å². The third-order valence-electron chi connectivity index (χ3n) is 3.98. The molecule has 0 aliphatic heterocycles. The lowest BCUT2D eigenvalue weighted by Gasteiger charge is -2.13. The van der Waals surface area contributed by atoms with Gasteiger partial charge in [-0.15, -0.1) is 11.3 Å². The highest BCUT2D eigenvalue weighted by Crippen LogP contribution is 2.49. The third-order valence-corrected chi connectivity index (χ3v) is 5.13. The fourth-order valence-corrected chi connectivity index (χ4v) is 3.28. The predicted molar refractivity (Wildman–Crippen MR) is 83.7 cm³/mol. The van der Waals surface area contributed by atoms with Gasteiger partial charge in [-0.2, -0.15) is 0 Å². The van der Waals surface area contributed by atoms with E-state index in [1.807, 2.05) is 0 Å². The molecule has 1 fully saturated rings. The number of amides is 1. The first-order chi connectivity index (χ1) is 9.94. The van der Waals surface area contributed by atoms with Crippen molar-refractivity contribution in [2.24, 2.45) is 11.1 Å². The second-order valence-corrected chi connectivity index (χ2v) is 6.36. The van der Waals surface area contributed by atoms with Gasteiger partial charge in [0.1, 0.15) is 9.88 Å². The first kappa shape index (κ1) is 15.6. The van der Waals surface area contributed by atoms with E-state index in [0.29, 0.717) is 10.4 Å². The van der Waals surface area contributed by atoms with Gasteiger partial charge in [-0.25, -0.2) is 4.79 Å². The van der Waals surface area contributed by atoms with Crippen LogP contribution in [0.25, 0.3) is 0 Å². The number of nitrogens with one attached hydrogen (secondary N) is 1. The molecule has 0 radical (unpaired) electrons. The number of hydrogen-bond acceptors (Lipinski definition) is 6. The number of nitrogen functional groups attached to an aromatic ring is 1. The van der Waals surface area contributed by atoms with E-state index in [2.05, 4.69) is 12.2 Å². The second kappa shape index (κ2) is 5.93. The molecule has 0 spiro atoms. The molecule has 1 amide bonds. The Morgan fingerprint density at radius 2 is 2.05 bits per heavy atom. The molecule has 2 rings (SSSR count). The number of primary amides is 1. The molecule has 21 heavy (non-hydrogen) atoms. The zero-order chi connectivity index (χ0) is 15.6. The third kappa shape index (κ3) is 3.12. The van der Waals surface area contributed by atoms with Crippen molar-refractivity contribution in [1.82, 2.24) is 0 Å². The quantitative estimate of drug-likeness (QED) is 0.669. The molecule has 1 saturated carbocycles. The number of hydrogen-bond donors (Lipinski definition) is 3. The van der Waals surface area contributed by atoms with E-state index in [9.17, 15) is 9.59 Å². The van der Waals surface area contributed by atoms with Crippen molar-refractivity contribution >= 4 is 33.9 Å². The number of rotatable bonds is 7. The molecule has 0 unspecified atom stereocenters. The van der Waals surface area contributed by atoms with Crippen LogP contribution >= 0.6 is 11.3 Å². The van der Waals surface area contributed by atoms with E-state index in [1.54, 1.807) is 6.92 Å². The zero-order valence-electron chi connectivity index (χ0n) is 12.3. The Kier molecular flexibility index (Phi) is 4.41. The Morgan fingerprint density at radius 3 is 2.52 bits per heavy atom. The maximum atomic E-state index is 11.9. The van der Waals surface area contributed by atoms with Gasteiger partial charge >= 0.3 is 5.97 Å². The van der Waals surface area contributed by atoms with Crippen LogP contribution < -0.4 is 16.8 Å². The molecule has 1 aromatic heterocycles. The van der Waals surface area contributed by atoms with Crippen LogP contribution in [0.3, 0.4) is 0 Å². The molecule has 116 valence electrons. The van der Waals surface area contributed by atoms with Crippen LogP contribution in [0.5, 0.6) is 0 Å². The number of ether oxygens (including phenoxy) is 1. The van der Waals surface area contributed by atoms with E-state index >= 15 is 0 Å². The van der Waals surface area contributed by atoms with Crippen molar-refractivity contribution in [2.75, 3.05) is 24.2 Å². The zero-order valence-corrected chi connectivity index (χ0v) is 13.1. The van der Waals surface area contributed by atoms with Crippen molar-refractivity contribution in [2.45, 2.75) is 33.1 Å². The Bertz CT molecular complexity index is 564. The number of carbonyl (C=O) groups is 2. The number of nitrogens with two attached hydrogens (primary N) is 2. The van der Waals surface area contributed by atoms with E-state index in [4.69, 9.17) is 16.2 Å². The normalized spacial score (nSPS) is 15.5. The van der Waals surface area contributed by atoms with E-state index in [-0.39, 0.29) is 22.7 Å². The smallest absolute Gasteiger partial charge is 0.350 e. The lowest BCUT2D eigenvalue weighted by Crippen LogP contribution is -2.18. The average Bonchev–Trinajstić information content (AvgIpc) is 3.14. The summed E-state index contributed by atoms with van der Waals surface area (Å²) < 4.78 is 4.95. The van der Waals surface area contributed by atoms with E-state index < -0.39 is 11.9 Å². The molecule has 0 bridgehead atoms. The van der Waals surface area contributed by atoms with Crippen LogP contribution in [0.1, 0.15) is 53.1 Å². The van der Waals surface area contributed by atoms with Crippen LogP contribution in [0.4, 0.5) is 10.7 Å². The van der Waals surface area contributed by atoms with Gasteiger partial charge in [-0.1, -0.05) is 6.92 Å². The summed E-state index contributed by atoms with van der Waals surface area (Å²) in [5.41, 5.74) is 11.9. The molecule has 0 saturated heterocycles. The van der Waals surface area contributed by atoms with Gasteiger partial charge in [0.05, 0.1) is 17.9 Å². The van der Waals surface area contributed by atoms with Gasteiger partial charge in [0, 0.05) is 6.54 Å². The monoisotopic (exact) mass is 311 g/mol. The first-order valence-corrected chi connectivity index (χ1v) is 7.89. The Hall–Kier alpha value is -1.76. The average molecular weight is 311 g/mol. The molecule has 6 nitrogen and oxygen atoms in total. The summed E-state index contributed by atoms with van der Waals surface area (Å²) in [4.78, 5) is 23.7. The van der Waals surface area contributed by atoms with Gasteiger partial charge in [0.15, 0.2) is 0 Å². The summed E-state index contributed by atoms with van der Waals surface area (Å²) in [5, 5.41) is 3.79. The second-order valence-electron chi connectivity index (χ2n) is 5.34. The van der Waals surface area contributed by atoms with E-state index in [1.165, 1.54) is 12.8 Å². The summed E-state index contributed by atoms with van der Waals surface area (Å²) in [6, 6.07) is 0. The van der Waals surface area contributed by atoms with Gasteiger partial charge in [-0.3, -0.25) is 4.79 Å². The van der Waals surface area contributed by atoms with Gasteiger partial charge in [0.25, 0.3) is 5.91 Å². The molecule has 1 aromatic rings. The highest BCUT2D eigenvalue weighted by molar-refractivity contribution is 7.19. The van der Waals surface area contributed by atoms with Crippen LogP contribution in [0, 0.1) is 5.41 Å². The summed E-state index contributed by atoms with van der Waals surface area (Å²) in [6.45, 7) is 4.88. The Balaban J connectivity index is 2.24. The van der Waals surface area contributed by atoms with Crippen LogP contribution in [0.2, 0.25) is 0 Å². The van der Waals surface area contributed by atoms with Crippen LogP contribution in [-0.2, 0) is 4.74 Å². The molecule has 1 aliphatic rings. The number of carbonyl (C=O) groups excluding carboxylic acids is 2. The first-order valence-electron chi connectivity index (χ1n) is 7.07. The minimum atomic E-state index is -0.636. The molecule has 7 heteroatoms. The minimum Gasteiger partial charge on any atom is -0.462 e. The minimum absolute atomic E-state index is 0.106. The SMILES string of the molecule is CCOC(=O)c1sc(NCC2(CC)CC2)c(C(N)=O)c1N. The molecule has 1 aliphatic carbocycles. The lowest BCUT2D eigenvalue weighted by atomic mass is 10.0. The molecule has 0 aromatic carbocycles. The maximum Gasteiger partial charge on any atom is 0.350 e. The van der Waals surface area contributed by atoms with Crippen molar-refractivity contribution in [1.29, 1.82) is 0 Å². The number of esters is 1. The van der Waals surface area contributed by atoms with E-state index in [0.717, 1.165) is 24.3 Å². The topological polar surface area (TPSA) is 107 Å². The molecular weight excluding hydrogens is 290 g/mol. The van der Waals surface area contributed by atoms with Gasteiger partial charge < -0.3 is 21.5 Å². The maximum absolute atomic E-state index is 11.9. The summed E-state index contributed by atoms with van der Waals surface area (Å²) >= 11 is 1.13. The van der Waals surface area contributed by atoms with Crippen molar-refractivity contribution < 1.29 is 14.3 Å². The molecule has 1 heterocycles. The van der Waals surface area contributed by atoms with Gasteiger partial charge in [0.2, 0.25) is 0 Å².